The summed E-state index contributed by atoms with van der Waals surface area (Å²) < 4.78 is 24.0. The fraction of sp³-hybridized carbons (Fsp3) is 0.0909. The molecule has 0 bridgehead atoms. The van der Waals surface area contributed by atoms with Gasteiger partial charge in [-0.2, -0.15) is 4.98 Å². The number of aromatic nitrogens is 3. The van der Waals surface area contributed by atoms with Crippen molar-refractivity contribution in [3.8, 4) is 28.5 Å². The lowest BCUT2D eigenvalue weighted by Gasteiger charge is -2.06. The first kappa shape index (κ1) is 19.3. The smallest absolute Gasteiger partial charge is 0.243 e. The highest BCUT2D eigenvalue weighted by Crippen LogP contribution is 2.36. The van der Waals surface area contributed by atoms with Crippen LogP contribution in [0.5, 0.6) is 5.88 Å². The summed E-state index contributed by atoms with van der Waals surface area (Å²) in [4.78, 5) is 21.2. The molecule has 2 heterocycles. The molecule has 7 nitrogen and oxygen atoms in total. The molecule has 8 heteroatoms. The Hall–Kier alpha value is -4.07. The van der Waals surface area contributed by atoms with Gasteiger partial charge in [0.15, 0.2) is 5.82 Å². The van der Waals surface area contributed by atoms with Gasteiger partial charge in [-0.1, -0.05) is 35.5 Å². The van der Waals surface area contributed by atoms with Gasteiger partial charge in [0.05, 0.1) is 13.5 Å². The highest BCUT2D eigenvalue weighted by atomic mass is 19.1. The number of nitrogens with one attached hydrogen (secondary N) is 1. The molecule has 0 fully saturated rings. The van der Waals surface area contributed by atoms with Gasteiger partial charge in [-0.3, -0.25) is 10.1 Å². The molecule has 0 saturated heterocycles. The maximum Gasteiger partial charge on any atom is 0.243 e. The van der Waals surface area contributed by atoms with Crippen LogP contribution in [0.1, 0.15) is 5.56 Å². The number of anilines is 1. The van der Waals surface area contributed by atoms with Crippen molar-refractivity contribution in [2.45, 2.75) is 6.42 Å². The molecular weight excluding hydrogens is 387 g/mol. The number of hydrogen-bond acceptors (Lipinski definition) is 6. The van der Waals surface area contributed by atoms with Crippen LogP contribution in [-0.4, -0.2) is 28.1 Å². The van der Waals surface area contributed by atoms with Crippen LogP contribution in [0.4, 0.5) is 10.3 Å². The quantitative estimate of drug-likeness (QED) is 0.520. The van der Waals surface area contributed by atoms with Gasteiger partial charge >= 0.3 is 0 Å². The maximum atomic E-state index is 13.4. The Labute approximate surface area is 171 Å². The molecule has 0 aliphatic heterocycles. The molecule has 2 aromatic heterocycles. The molecule has 1 N–H and O–H groups in total. The molecule has 150 valence electrons. The molecule has 2 aromatic carbocycles. The number of ether oxygens (including phenoxy) is 1. The van der Waals surface area contributed by atoms with Gasteiger partial charge in [-0.15, -0.1) is 0 Å². The number of amides is 1. The summed E-state index contributed by atoms with van der Waals surface area (Å²) in [7, 11) is 1.49. The molecule has 0 radical (unpaired) electrons. The van der Waals surface area contributed by atoms with Crippen LogP contribution in [0, 0.1) is 5.82 Å². The maximum absolute atomic E-state index is 13.4. The summed E-state index contributed by atoms with van der Waals surface area (Å²) in [5.74, 6) is 0.0335. The van der Waals surface area contributed by atoms with Gasteiger partial charge in [0, 0.05) is 17.8 Å². The number of hydrogen-bond donors (Lipinski definition) is 1. The first-order valence-electron chi connectivity index (χ1n) is 9.11. The largest absolute Gasteiger partial charge is 0.481 e. The number of rotatable bonds is 6. The van der Waals surface area contributed by atoms with Crippen molar-refractivity contribution >= 4 is 11.8 Å². The third kappa shape index (κ3) is 4.17. The van der Waals surface area contributed by atoms with E-state index in [4.69, 9.17) is 9.26 Å². The van der Waals surface area contributed by atoms with Gasteiger partial charge in [0.25, 0.3) is 0 Å². The lowest BCUT2D eigenvalue weighted by atomic mass is 10.1. The van der Waals surface area contributed by atoms with Crippen LogP contribution in [0.25, 0.3) is 22.6 Å². The minimum absolute atomic E-state index is 0.100. The van der Waals surface area contributed by atoms with E-state index in [-0.39, 0.29) is 29.9 Å². The summed E-state index contributed by atoms with van der Waals surface area (Å²) in [5, 5.41) is 6.81. The van der Waals surface area contributed by atoms with Crippen LogP contribution in [0.2, 0.25) is 0 Å². The van der Waals surface area contributed by atoms with E-state index in [9.17, 15) is 9.18 Å². The molecule has 0 aliphatic carbocycles. The summed E-state index contributed by atoms with van der Waals surface area (Å²) in [6, 6.07) is 16.7. The Bertz CT molecular complexity index is 1160. The van der Waals surface area contributed by atoms with Gasteiger partial charge in [0.1, 0.15) is 17.1 Å². The zero-order chi connectivity index (χ0) is 20.9. The Balaban J connectivity index is 1.72. The molecule has 1 amide bonds. The van der Waals surface area contributed by atoms with Crippen molar-refractivity contribution in [1.82, 2.24) is 15.1 Å². The second kappa shape index (κ2) is 8.52. The first-order valence-corrected chi connectivity index (χ1v) is 9.11. The van der Waals surface area contributed by atoms with Crippen molar-refractivity contribution in [1.29, 1.82) is 0 Å². The zero-order valence-corrected chi connectivity index (χ0v) is 16.0. The number of carbonyl (C=O) groups excluding carboxylic acids is 1. The molecule has 0 atom stereocenters. The van der Waals surface area contributed by atoms with Gasteiger partial charge in [-0.25, -0.2) is 9.37 Å². The summed E-state index contributed by atoms with van der Waals surface area (Å²) >= 11 is 0. The van der Waals surface area contributed by atoms with E-state index in [0.717, 1.165) is 5.56 Å². The summed E-state index contributed by atoms with van der Waals surface area (Å²) in [6.45, 7) is 0. The monoisotopic (exact) mass is 404 g/mol. The predicted octanol–water partition coefficient (Wildman–Crippen LogP) is 4.13. The second-order valence-electron chi connectivity index (χ2n) is 6.38. The Morgan fingerprint density at radius 3 is 2.60 bits per heavy atom. The topological polar surface area (TPSA) is 90.1 Å². The molecule has 4 rings (SSSR count). The van der Waals surface area contributed by atoms with Gasteiger partial charge in [-0.05, 0) is 29.8 Å². The third-order valence-corrected chi connectivity index (χ3v) is 4.33. The molecule has 0 spiro atoms. The highest BCUT2D eigenvalue weighted by molar-refractivity contribution is 5.96. The van der Waals surface area contributed by atoms with Gasteiger partial charge in [0.2, 0.25) is 17.7 Å². The second-order valence-corrected chi connectivity index (χ2v) is 6.38. The van der Waals surface area contributed by atoms with E-state index in [2.05, 4.69) is 20.4 Å². The molecule has 0 saturated carbocycles. The third-order valence-electron chi connectivity index (χ3n) is 4.33. The van der Waals surface area contributed by atoms with E-state index >= 15 is 0 Å². The fourth-order valence-electron chi connectivity index (χ4n) is 2.92. The van der Waals surface area contributed by atoms with E-state index in [0.29, 0.717) is 22.7 Å². The van der Waals surface area contributed by atoms with Gasteiger partial charge < -0.3 is 9.26 Å². The van der Waals surface area contributed by atoms with Crippen molar-refractivity contribution in [2.75, 3.05) is 12.4 Å². The van der Waals surface area contributed by atoms with Crippen LogP contribution in [0.15, 0.2) is 71.4 Å². The predicted molar refractivity (Wildman–Crippen MR) is 108 cm³/mol. The molecular formula is C22H17FN4O3. The summed E-state index contributed by atoms with van der Waals surface area (Å²) in [6.07, 6.45) is 1.68. The van der Waals surface area contributed by atoms with E-state index < -0.39 is 0 Å². The molecule has 4 aromatic rings. The van der Waals surface area contributed by atoms with Crippen LogP contribution >= 0.6 is 0 Å². The fourth-order valence-corrected chi connectivity index (χ4v) is 2.92. The molecule has 0 unspecified atom stereocenters. The van der Waals surface area contributed by atoms with Crippen molar-refractivity contribution < 1.29 is 18.4 Å². The number of halogens is 1. The minimum Gasteiger partial charge on any atom is -0.481 e. The zero-order valence-electron chi connectivity index (χ0n) is 16.0. The standard InChI is InChI=1S/C22H17FN4O3/c1-29-18-11-12-24-21(26-18)19-20(15-7-9-16(23)10-8-15)27-30-22(19)25-17(28)13-14-5-3-2-4-6-14/h2-12H,13H2,1H3,(H,25,28). The SMILES string of the molecule is COc1ccnc(-c2c(-c3ccc(F)cc3)noc2NC(=O)Cc2ccccc2)n1. The normalized spacial score (nSPS) is 10.6. The number of nitrogens with zero attached hydrogens (tertiary/aromatic N) is 3. The molecule has 0 aliphatic rings. The van der Waals surface area contributed by atoms with Crippen molar-refractivity contribution in [2.24, 2.45) is 0 Å². The summed E-state index contributed by atoms with van der Waals surface area (Å²) in [5.41, 5.74) is 2.19. The number of benzene rings is 2. The van der Waals surface area contributed by atoms with Crippen molar-refractivity contribution in [3.05, 3.63) is 78.2 Å². The lowest BCUT2D eigenvalue weighted by molar-refractivity contribution is -0.115. The van der Waals surface area contributed by atoms with E-state index in [1.54, 1.807) is 18.2 Å². The first-order chi connectivity index (χ1) is 14.6. The average Bonchev–Trinajstić information content (AvgIpc) is 3.18. The van der Waals surface area contributed by atoms with Crippen LogP contribution in [-0.2, 0) is 11.2 Å². The van der Waals surface area contributed by atoms with E-state index in [1.165, 1.54) is 25.4 Å². The average molecular weight is 404 g/mol. The number of carbonyl (C=O) groups is 1. The van der Waals surface area contributed by atoms with Crippen LogP contribution < -0.4 is 10.1 Å². The minimum atomic E-state index is -0.377. The van der Waals surface area contributed by atoms with Crippen molar-refractivity contribution in [3.63, 3.8) is 0 Å². The highest BCUT2D eigenvalue weighted by Gasteiger charge is 2.24. The Morgan fingerprint density at radius 2 is 1.87 bits per heavy atom. The Kier molecular flexibility index (Phi) is 5.47. The lowest BCUT2D eigenvalue weighted by Crippen LogP contribution is -2.14. The molecule has 30 heavy (non-hydrogen) atoms. The van der Waals surface area contributed by atoms with E-state index in [1.807, 2.05) is 30.3 Å². The van der Waals surface area contributed by atoms with Crippen LogP contribution in [0.3, 0.4) is 0 Å². The Morgan fingerprint density at radius 1 is 1.10 bits per heavy atom. The number of methoxy groups -OCH3 is 1.